The van der Waals surface area contributed by atoms with Crippen molar-refractivity contribution < 1.29 is 28.8 Å². The van der Waals surface area contributed by atoms with Crippen molar-refractivity contribution >= 4 is 6.03 Å². The van der Waals surface area contributed by atoms with Crippen LogP contribution in [0.1, 0.15) is 60.0 Å². The molecular formula is C35H43N3O6. The van der Waals surface area contributed by atoms with Crippen LogP contribution in [0.4, 0.5) is 4.79 Å². The number of hydrogen-bond acceptors (Lipinski definition) is 7. The molecule has 44 heavy (non-hydrogen) atoms. The van der Waals surface area contributed by atoms with E-state index in [9.17, 15) is 9.90 Å². The first-order chi connectivity index (χ1) is 21.5. The number of piperidine rings is 1. The lowest BCUT2D eigenvalue weighted by Crippen LogP contribution is -2.50. The van der Waals surface area contributed by atoms with Gasteiger partial charge < -0.3 is 39.6 Å². The van der Waals surface area contributed by atoms with E-state index >= 15 is 0 Å². The molecule has 3 fully saturated rings. The van der Waals surface area contributed by atoms with Gasteiger partial charge in [-0.2, -0.15) is 0 Å². The summed E-state index contributed by atoms with van der Waals surface area (Å²) in [4.78, 5) is 14.8. The first kappa shape index (κ1) is 30.7. The largest absolute Gasteiger partial charge is 0.392 e. The summed E-state index contributed by atoms with van der Waals surface area (Å²) >= 11 is 0. The van der Waals surface area contributed by atoms with Crippen LogP contribution in [0, 0.1) is 5.92 Å². The van der Waals surface area contributed by atoms with Gasteiger partial charge in [0.2, 0.25) is 0 Å². The molecule has 3 heterocycles. The molecule has 2 amide bonds. The maximum atomic E-state index is 12.3. The zero-order valence-electron chi connectivity index (χ0n) is 25.3. The lowest BCUT2D eigenvalue weighted by atomic mass is 9.89. The van der Waals surface area contributed by atoms with Gasteiger partial charge in [0.15, 0.2) is 12.1 Å². The number of urea groups is 1. The molecule has 1 spiro atoms. The molecular weight excluding hydrogens is 558 g/mol. The van der Waals surface area contributed by atoms with Gasteiger partial charge in [-0.25, -0.2) is 4.79 Å². The van der Waals surface area contributed by atoms with Gasteiger partial charge in [-0.1, -0.05) is 85.8 Å². The molecule has 0 saturated carbocycles. The number of aliphatic hydroxyl groups excluding tert-OH is 1. The van der Waals surface area contributed by atoms with Crippen molar-refractivity contribution in [3.63, 3.8) is 0 Å². The second-order valence-corrected chi connectivity index (χ2v) is 12.0. The predicted octanol–water partition coefficient (Wildman–Crippen LogP) is 4.81. The van der Waals surface area contributed by atoms with Crippen molar-refractivity contribution in [2.24, 2.45) is 5.92 Å². The van der Waals surface area contributed by atoms with Crippen LogP contribution in [0.2, 0.25) is 0 Å². The summed E-state index contributed by atoms with van der Waals surface area (Å²) < 4.78 is 25.2. The number of benzene rings is 3. The van der Waals surface area contributed by atoms with Crippen LogP contribution >= 0.6 is 0 Å². The Morgan fingerprint density at radius 3 is 2.05 bits per heavy atom. The highest BCUT2D eigenvalue weighted by Gasteiger charge is 2.43. The lowest BCUT2D eigenvalue weighted by molar-refractivity contribution is -0.278. The molecule has 3 saturated heterocycles. The first-order valence-electron chi connectivity index (χ1n) is 15.7. The van der Waals surface area contributed by atoms with Crippen molar-refractivity contribution in [3.8, 4) is 0 Å². The van der Waals surface area contributed by atoms with Crippen molar-refractivity contribution in [2.45, 2.75) is 63.7 Å². The van der Waals surface area contributed by atoms with Crippen molar-refractivity contribution in [3.05, 3.63) is 107 Å². The molecule has 9 heteroatoms. The maximum Gasteiger partial charge on any atom is 0.315 e. The summed E-state index contributed by atoms with van der Waals surface area (Å²) in [6, 6.07) is 25.7. The number of aliphatic hydroxyl groups is 1. The van der Waals surface area contributed by atoms with Gasteiger partial charge in [-0.15, -0.1) is 0 Å². The molecule has 3 aromatic carbocycles. The van der Waals surface area contributed by atoms with Crippen molar-refractivity contribution in [2.75, 3.05) is 32.8 Å². The molecule has 3 N–H and O–H groups in total. The van der Waals surface area contributed by atoms with E-state index < -0.39 is 12.1 Å². The zero-order valence-corrected chi connectivity index (χ0v) is 25.3. The Labute approximate surface area is 259 Å². The van der Waals surface area contributed by atoms with E-state index in [1.165, 1.54) is 0 Å². The van der Waals surface area contributed by atoms with Crippen LogP contribution in [0.5, 0.6) is 0 Å². The number of nitrogens with one attached hydrogen (secondary N) is 2. The van der Waals surface area contributed by atoms with Gasteiger partial charge in [0, 0.05) is 57.0 Å². The fourth-order valence-corrected chi connectivity index (χ4v) is 6.26. The Balaban J connectivity index is 1.10. The normalized spacial score (nSPS) is 25.1. The third-order valence-corrected chi connectivity index (χ3v) is 8.99. The van der Waals surface area contributed by atoms with Gasteiger partial charge in [0.05, 0.1) is 32.0 Å². The van der Waals surface area contributed by atoms with Crippen LogP contribution in [0.3, 0.4) is 0 Å². The third-order valence-electron chi connectivity index (χ3n) is 8.99. The quantitative estimate of drug-likeness (QED) is 0.324. The summed E-state index contributed by atoms with van der Waals surface area (Å²) in [5.74, 6) is -0.295. The molecule has 0 aromatic heterocycles. The average molecular weight is 602 g/mol. The molecule has 3 aliphatic heterocycles. The summed E-state index contributed by atoms with van der Waals surface area (Å²) in [5.41, 5.74) is 4.91. The molecule has 9 nitrogen and oxygen atoms in total. The molecule has 0 radical (unpaired) electrons. The lowest BCUT2D eigenvalue weighted by Gasteiger charge is -2.44. The summed E-state index contributed by atoms with van der Waals surface area (Å²) in [7, 11) is 0. The number of ether oxygens (including phenoxy) is 4. The minimum Gasteiger partial charge on any atom is -0.392 e. The molecule has 4 atom stereocenters. The molecule has 0 unspecified atom stereocenters. The molecule has 6 rings (SSSR count). The van der Waals surface area contributed by atoms with Crippen LogP contribution in [0.25, 0.3) is 0 Å². The van der Waals surface area contributed by atoms with Gasteiger partial charge >= 0.3 is 6.03 Å². The SMILES string of the molecule is C[C@H]1[C@@H](CN2CCC3(CC2)OCCO3)O[C@@H](c2ccc(CNC(=O)NCc3ccccc3)cc2)O[C@H]1c1ccc(CO)cc1. The maximum absolute atomic E-state index is 12.3. The highest BCUT2D eigenvalue weighted by Crippen LogP contribution is 2.42. The van der Waals surface area contributed by atoms with E-state index in [-0.39, 0.29) is 30.8 Å². The van der Waals surface area contributed by atoms with E-state index in [0.29, 0.717) is 26.3 Å². The van der Waals surface area contributed by atoms with Crippen molar-refractivity contribution in [1.29, 1.82) is 0 Å². The summed E-state index contributed by atoms with van der Waals surface area (Å²) in [5, 5.41) is 15.4. The van der Waals surface area contributed by atoms with E-state index in [0.717, 1.165) is 60.3 Å². The number of rotatable bonds is 9. The number of nitrogens with zero attached hydrogens (tertiary/aromatic N) is 1. The highest BCUT2D eigenvalue weighted by molar-refractivity contribution is 5.73. The van der Waals surface area contributed by atoms with Crippen LogP contribution in [-0.2, 0) is 38.6 Å². The molecule has 0 bridgehead atoms. The van der Waals surface area contributed by atoms with E-state index in [1.807, 2.05) is 78.9 Å². The Bertz CT molecular complexity index is 1340. The van der Waals surface area contributed by atoms with Crippen molar-refractivity contribution in [1.82, 2.24) is 15.5 Å². The van der Waals surface area contributed by atoms with Gasteiger partial charge in [-0.3, -0.25) is 0 Å². The summed E-state index contributed by atoms with van der Waals surface area (Å²) in [6.07, 6.45) is 0.969. The monoisotopic (exact) mass is 601 g/mol. The second-order valence-electron chi connectivity index (χ2n) is 12.0. The standard InChI is InChI=1S/C35H43N3O6/c1-25-31(23-38-17-15-35(16-18-38)41-19-20-42-35)43-33(44-32(25)29-11-9-28(24-39)10-12-29)30-13-7-27(8-14-30)22-37-34(40)36-21-26-5-3-2-4-6-26/h2-14,25,31-33,39H,15-24H2,1H3,(H2,36,37,40)/t25-,31+,32+,33+/m0/s1. The second kappa shape index (κ2) is 14.2. The molecule has 3 aromatic rings. The minimum absolute atomic E-state index is 0.00941. The Hall–Kier alpha value is -3.31. The number of carbonyl (C=O) groups is 1. The van der Waals surface area contributed by atoms with E-state index in [4.69, 9.17) is 18.9 Å². The number of carbonyl (C=O) groups excluding carboxylic acids is 1. The van der Waals surface area contributed by atoms with Gasteiger partial charge in [0.1, 0.15) is 0 Å². The smallest absolute Gasteiger partial charge is 0.315 e. The number of amides is 2. The zero-order chi connectivity index (χ0) is 30.4. The molecule has 234 valence electrons. The van der Waals surface area contributed by atoms with Crippen LogP contribution < -0.4 is 10.6 Å². The van der Waals surface area contributed by atoms with Crippen LogP contribution in [-0.4, -0.2) is 60.8 Å². The average Bonchev–Trinajstić information content (AvgIpc) is 3.53. The van der Waals surface area contributed by atoms with Gasteiger partial charge in [-0.05, 0) is 22.3 Å². The van der Waals surface area contributed by atoms with Gasteiger partial charge in [0.25, 0.3) is 0 Å². The molecule has 0 aliphatic carbocycles. The predicted molar refractivity (Wildman–Crippen MR) is 165 cm³/mol. The Morgan fingerprint density at radius 1 is 0.818 bits per heavy atom. The summed E-state index contributed by atoms with van der Waals surface area (Å²) in [6.45, 7) is 7.03. The Kier molecular flexibility index (Phi) is 9.91. The Morgan fingerprint density at radius 2 is 1.41 bits per heavy atom. The van der Waals surface area contributed by atoms with Crippen LogP contribution in [0.15, 0.2) is 78.9 Å². The fraction of sp³-hybridized carbons (Fsp3) is 0.457. The number of hydrogen-bond donors (Lipinski definition) is 3. The first-order valence-corrected chi connectivity index (χ1v) is 15.7. The topological polar surface area (TPSA) is 102 Å². The fourth-order valence-electron chi connectivity index (χ4n) is 6.26. The molecule has 3 aliphatic rings. The third kappa shape index (κ3) is 7.48. The number of likely N-dealkylation sites (tertiary alicyclic amines) is 1. The van der Waals surface area contributed by atoms with E-state index in [2.05, 4.69) is 22.5 Å². The van der Waals surface area contributed by atoms with E-state index in [1.54, 1.807) is 0 Å². The highest BCUT2D eigenvalue weighted by atomic mass is 16.7. The minimum atomic E-state index is -0.535.